The largest absolute Gasteiger partial charge is 0.309 e. The molecule has 1 aromatic rings. The molecule has 0 radical (unpaired) electrons. The summed E-state index contributed by atoms with van der Waals surface area (Å²) in [4.78, 5) is 0. The fraction of sp³-hybridized carbons (Fsp3) is 0.538. The van der Waals surface area contributed by atoms with Crippen molar-refractivity contribution in [1.29, 1.82) is 0 Å². The zero-order chi connectivity index (χ0) is 14.8. The predicted molar refractivity (Wildman–Crippen MR) is 87.2 cm³/mol. The summed E-state index contributed by atoms with van der Waals surface area (Å²) in [6.45, 7) is 5.90. The van der Waals surface area contributed by atoms with E-state index in [1.807, 2.05) is 25.1 Å². The minimum Gasteiger partial charge on any atom is -0.309 e. The van der Waals surface area contributed by atoms with E-state index in [9.17, 15) is 8.42 Å². The number of hydrogen-bond acceptors (Lipinski definition) is 3. The normalized spacial score (nSPS) is 14.4. The molecule has 1 rings (SSSR count). The van der Waals surface area contributed by atoms with E-state index in [1.165, 1.54) is 6.26 Å². The fourth-order valence-electron chi connectivity index (χ4n) is 1.49. The summed E-state index contributed by atoms with van der Waals surface area (Å²) < 4.78 is 24.5. The molecule has 0 aliphatic rings. The van der Waals surface area contributed by atoms with Gasteiger partial charge in [0, 0.05) is 27.8 Å². The summed E-state index contributed by atoms with van der Waals surface area (Å²) in [7, 11) is -3.08. The average Bonchev–Trinajstić information content (AvgIpc) is 2.24. The zero-order valence-electron chi connectivity index (χ0n) is 11.5. The first kappa shape index (κ1) is 17.1. The average molecular weight is 413 g/mol. The van der Waals surface area contributed by atoms with Gasteiger partial charge in [-0.15, -0.1) is 0 Å². The molecule has 0 aliphatic carbocycles. The lowest BCUT2D eigenvalue weighted by atomic mass is 10.1. The highest BCUT2D eigenvalue weighted by molar-refractivity contribution is 9.11. The maximum Gasteiger partial charge on any atom is 0.153 e. The third-order valence-corrected chi connectivity index (χ3v) is 6.60. The van der Waals surface area contributed by atoms with E-state index in [1.54, 1.807) is 13.8 Å². The first-order chi connectivity index (χ1) is 8.54. The van der Waals surface area contributed by atoms with Crippen molar-refractivity contribution < 1.29 is 8.42 Å². The Morgan fingerprint density at radius 3 is 2.37 bits per heavy atom. The van der Waals surface area contributed by atoms with Gasteiger partial charge in [-0.05, 0) is 38.5 Å². The van der Waals surface area contributed by atoms with Gasteiger partial charge in [0.15, 0.2) is 9.84 Å². The van der Waals surface area contributed by atoms with Crippen molar-refractivity contribution in [1.82, 2.24) is 5.32 Å². The van der Waals surface area contributed by atoms with Crippen molar-refractivity contribution in [3.63, 3.8) is 0 Å². The predicted octanol–water partition coefficient (Wildman–Crippen LogP) is 3.69. The van der Waals surface area contributed by atoms with Crippen LogP contribution in [0.3, 0.4) is 0 Å². The van der Waals surface area contributed by atoms with Gasteiger partial charge in [-0.3, -0.25) is 0 Å². The molecule has 1 atom stereocenters. The summed E-state index contributed by atoms with van der Waals surface area (Å²) in [5, 5.41) is 3.28. The topological polar surface area (TPSA) is 46.2 Å². The summed E-state index contributed by atoms with van der Waals surface area (Å²) >= 11 is 6.93. The summed E-state index contributed by atoms with van der Waals surface area (Å²) in [6, 6.07) is 6.04. The third-order valence-electron chi connectivity index (χ3n) is 3.27. The molecular weight excluding hydrogens is 394 g/mol. The lowest BCUT2D eigenvalue weighted by Crippen LogP contribution is -2.42. The van der Waals surface area contributed by atoms with Crippen molar-refractivity contribution in [2.75, 3.05) is 12.8 Å². The molecule has 0 saturated heterocycles. The molecule has 1 aromatic carbocycles. The molecule has 0 amide bonds. The zero-order valence-corrected chi connectivity index (χ0v) is 15.5. The van der Waals surface area contributed by atoms with E-state index in [2.05, 4.69) is 37.2 Å². The molecule has 1 unspecified atom stereocenters. The number of benzene rings is 1. The van der Waals surface area contributed by atoms with E-state index in [-0.39, 0.29) is 6.04 Å². The van der Waals surface area contributed by atoms with Gasteiger partial charge >= 0.3 is 0 Å². The van der Waals surface area contributed by atoms with Crippen LogP contribution in [0.1, 0.15) is 32.4 Å². The summed E-state index contributed by atoms with van der Waals surface area (Å²) in [5.41, 5.74) is 1.10. The number of nitrogens with one attached hydrogen (secondary N) is 1. The molecule has 0 saturated carbocycles. The van der Waals surface area contributed by atoms with E-state index in [0.717, 1.165) is 14.5 Å². The second-order valence-corrected chi connectivity index (χ2v) is 9.72. The second-order valence-electron chi connectivity index (χ2n) is 5.30. The van der Waals surface area contributed by atoms with Crippen molar-refractivity contribution in [2.24, 2.45) is 0 Å². The molecular formula is C13H19Br2NO2S. The lowest BCUT2D eigenvalue weighted by Gasteiger charge is -2.26. The number of sulfone groups is 1. The molecule has 0 aliphatic heterocycles. The van der Waals surface area contributed by atoms with Crippen LogP contribution in [-0.4, -0.2) is 26.0 Å². The van der Waals surface area contributed by atoms with Crippen LogP contribution in [0.25, 0.3) is 0 Å². The van der Waals surface area contributed by atoms with Gasteiger partial charge in [0.05, 0.1) is 4.75 Å². The van der Waals surface area contributed by atoms with Gasteiger partial charge < -0.3 is 5.32 Å². The van der Waals surface area contributed by atoms with Crippen molar-refractivity contribution in [2.45, 2.75) is 31.6 Å². The van der Waals surface area contributed by atoms with Gasteiger partial charge in [-0.25, -0.2) is 8.42 Å². The lowest BCUT2D eigenvalue weighted by molar-refractivity contribution is 0.488. The van der Waals surface area contributed by atoms with Gasteiger partial charge in [0.2, 0.25) is 0 Å². The van der Waals surface area contributed by atoms with E-state index < -0.39 is 14.6 Å². The van der Waals surface area contributed by atoms with Crippen LogP contribution in [0.15, 0.2) is 27.1 Å². The van der Waals surface area contributed by atoms with Gasteiger partial charge in [0.1, 0.15) is 0 Å². The van der Waals surface area contributed by atoms with Gasteiger partial charge in [-0.1, -0.05) is 37.9 Å². The number of hydrogen-bond donors (Lipinski definition) is 1. The Bertz CT molecular complexity index is 556. The Morgan fingerprint density at radius 1 is 1.32 bits per heavy atom. The molecule has 3 nitrogen and oxygen atoms in total. The summed E-state index contributed by atoms with van der Waals surface area (Å²) in [6.07, 6.45) is 1.27. The Kier molecular flexibility index (Phi) is 5.63. The van der Waals surface area contributed by atoms with Gasteiger partial charge in [0.25, 0.3) is 0 Å². The number of halogens is 2. The minimum atomic E-state index is -3.08. The first-order valence-corrected chi connectivity index (χ1v) is 9.40. The molecule has 0 heterocycles. The van der Waals surface area contributed by atoms with Crippen molar-refractivity contribution in [3.05, 3.63) is 32.7 Å². The third kappa shape index (κ3) is 4.55. The smallest absolute Gasteiger partial charge is 0.153 e. The van der Waals surface area contributed by atoms with Crippen molar-refractivity contribution >= 4 is 41.7 Å². The second kappa shape index (κ2) is 6.24. The quantitative estimate of drug-likeness (QED) is 0.802. The molecule has 19 heavy (non-hydrogen) atoms. The Morgan fingerprint density at radius 2 is 1.89 bits per heavy atom. The number of rotatable bonds is 5. The highest BCUT2D eigenvalue weighted by atomic mass is 79.9. The maximum atomic E-state index is 11.7. The SMILES string of the molecule is CC(NCC(C)(C)S(C)(=O)=O)c1ccc(Br)cc1Br. The maximum absolute atomic E-state index is 11.7. The molecule has 0 aromatic heterocycles. The molecule has 6 heteroatoms. The molecule has 0 bridgehead atoms. The Labute approximate surface area is 132 Å². The molecule has 1 N–H and O–H groups in total. The van der Waals surface area contributed by atoms with Crippen LogP contribution >= 0.6 is 31.9 Å². The van der Waals surface area contributed by atoms with Gasteiger partial charge in [-0.2, -0.15) is 0 Å². The van der Waals surface area contributed by atoms with Crippen LogP contribution < -0.4 is 5.32 Å². The Hall–Kier alpha value is 0.0900. The van der Waals surface area contributed by atoms with Crippen LogP contribution in [0.5, 0.6) is 0 Å². The highest BCUT2D eigenvalue weighted by Gasteiger charge is 2.30. The van der Waals surface area contributed by atoms with E-state index >= 15 is 0 Å². The Balaban J connectivity index is 2.79. The van der Waals surface area contributed by atoms with E-state index in [0.29, 0.717) is 6.54 Å². The van der Waals surface area contributed by atoms with Crippen LogP contribution in [0.4, 0.5) is 0 Å². The standard InChI is InChI=1S/C13H19Br2NO2S/c1-9(11-6-5-10(14)7-12(11)15)16-8-13(2,3)19(4,17)18/h5-7,9,16H,8H2,1-4H3. The minimum absolute atomic E-state index is 0.0727. The monoisotopic (exact) mass is 411 g/mol. The molecule has 0 fully saturated rings. The fourth-order valence-corrected chi connectivity index (χ4v) is 3.23. The van der Waals surface area contributed by atoms with Crippen LogP contribution in [-0.2, 0) is 9.84 Å². The molecule has 0 spiro atoms. The summed E-state index contributed by atoms with van der Waals surface area (Å²) in [5.74, 6) is 0. The van der Waals surface area contributed by atoms with E-state index in [4.69, 9.17) is 0 Å². The first-order valence-electron chi connectivity index (χ1n) is 5.92. The van der Waals surface area contributed by atoms with Crippen LogP contribution in [0, 0.1) is 0 Å². The molecule has 108 valence electrons. The van der Waals surface area contributed by atoms with Crippen molar-refractivity contribution in [3.8, 4) is 0 Å². The highest BCUT2D eigenvalue weighted by Crippen LogP contribution is 2.27. The van der Waals surface area contributed by atoms with Crippen LogP contribution in [0.2, 0.25) is 0 Å².